The summed E-state index contributed by atoms with van der Waals surface area (Å²) in [4.78, 5) is 16.3. The van der Waals surface area contributed by atoms with Gasteiger partial charge in [-0.25, -0.2) is 0 Å². The fraction of sp³-hybridized carbons (Fsp3) is 0.105. The molecule has 26 heavy (non-hydrogen) atoms. The highest BCUT2D eigenvalue weighted by Gasteiger charge is 2.17. The quantitative estimate of drug-likeness (QED) is 0.417. The fourth-order valence-corrected chi connectivity index (χ4v) is 3.30. The van der Waals surface area contributed by atoms with Crippen LogP contribution in [0.15, 0.2) is 54.7 Å². The predicted octanol–water partition coefficient (Wildman–Crippen LogP) is 3.62. The minimum atomic E-state index is -0.409. The molecule has 2 aromatic carbocycles. The number of rotatable bonds is 4. The molecule has 0 saturated heterocycles. The van der Waals surface area contributed by atoms with E-state index in [-0.39, 0.29) is 12.1 Å². The van der Waals surface area contributed by atoms with Crippen molar-refractivity contribution in [3.63, 3.8) is 0 Å². The van der Waals surface area contributed by atoms with Crippen LogP contribution in [0.3, 0.4) is 0 Å². The molecule has 0 N–H and O–H groups in total. The van der Waals surface area contributed by atoms with E-state index in [9.17, 15) is 10.1 Å². The van der Waals surface area contributed by atoms with Crippen LogP contribution < -0.4 is 4.84 Å². The first kappa shape index (κ1) is 15.7. The number of non-ortho nitro benzene ring substituents is 1. The van der Waals surface area contributed by atoms with Crippen molar-refractivity contribution in [2.75, 3.05) is 7.11 Å². The van der Waals surface area contributed by atoms with Crippen molar-refractivity contribution in [2.45, 2.75) is 6.42 Å². The lowest BCUT2D eigenvalue weighted by Crippen LogP contribution is -2.11. The molecule has 0 amide bonds. The van der Waals surface area contributed by atoms with Crippen molar-refractivity contribution in [2.24, 2.45) is 0 Å². The Morgan fingerprint density at radius 1 is 1.19 bits per heavy atom. The van der Waals surface area contributed by atoms with Crippen molar-refractivity contribution >= 4 is 27.5 Å². The summed E-state index contributed by atoms with van der Waals surface area (Å²) < 4.78 is 3.50. The number of para-hydroxylation sites is 1. The van der Waals surface area contributed by atoms with Gasteiger partial charge in [-0.1, -0.05) is 18.2 Å². The van der Waals surface area contributed by atoms with Crippen LogP contribution in [0.1, 0.15) is 5.56 Å². The van der Waals surface area contributed by atoms with Gasteiger partial charge in [0.15, 0.2) is 5.82 Å². The lowest BCUT2D eigenvalue weighted by Gasteiger charge is -2.11. The van der Waals surface area contributed by atoms with Gasteiger partial charge in [0.25, 0.3) is 5.69 Å². The number of nitriles is 1. The number of fused-ring (bicyclic) bond motifs is 2. The largest absolute Gasteiger partial charge is 0.415 e. The summed E-state index contributed by atoms with van der Waals surface area (Å²) >= 11 is 0. The first-order valence-corrected chi connectivity index (χ1v) is 7.94. The molecule has 0 saturated carbocycles. The monoisotopic (exact) mass is 346 g/mol. The molecule has 7 nitrogen and oxygen atoms in total. The van der Waals surface area contributed by atoms with E-state index in [0.29, 0.717) is 11.3 Å². The Labute approximate surface area is 148 Å². The van der Waals surface area contributed by atoms with Crippen LogP contribution in [-0.2, 0) is 6.42 Å². The van der Waals surface area contributed by atoms with Crippen LogP contribution in [0.4, 0.5) is 5.69 Å². The molecule has 7 heteroatoms. The molecule has 0 aliphatic rings. The van der Waals surface area contributed by atoms with E-state index in [0.717, 1.165) is 21.9 Å². The Bertz CT molecular complexity index is 1200. The summed E-state index contributed by atoms with van der Waals surface area (Å²) in [6.07, 6.45) is 2.12. The third-order valence-corrected chi connectivity index (χ3v) is 4.43. The smallest absolute Gasteiger partial charge is 0.271 e. The molecule has 4 rings (SSSR count). The fourth-order valence-electron chi connectivity index (χ4n) is 3.30. The third kappa shape index (κ3) is 2.28. The zero-order valence-corrected chi connectivity index (χ0v) is 13.9. The lowest BCUT2D eigenvalue weighted by atomic mass is 10.1. The van der Waals surface area contributed by atoms with Gasteiger partial charge in [-0.15, -0.1) is 0 Å². The summed E-state index contributed by atoms with van der Waals surface area (Å²) in [5.74, 6) is 0.711. The molecule has 0 radical (unpaired) electrons. The Morgan fingerprint density at radius 3 is 2.77 bits per heavy atom. The van der Waals surface area contributed by atoms with Crippen LogP contribution in [0.2, 0.25) is 0 Å². The standard InChI is InChI=1S/C19H14N4O3/c1-26-22-18(11-15-4-2-3-14(7-9-20)19(15)22)21-10-8-13-5-6-16(23(24)25)12-17(13)21/h2-6,8,10-12H,7H2,1H3. The molecule has 0 spiro atoms. The first-order chi connectivity index (χ1) is 12.6. The van der Waals surface area contributed by atoms with E-state index in [1.54, 1.807) is 24.0 Å². The van der Waals surface area contributed by atoms with Gasteiger partial charge < -0.3 is 4.84 Å². The van der Waals surface area contributed by atoms with E-state index in [2.05, 4.69) is 6.07 Å². The zero-order chi connectivity index (χ0) is 18.3. The average molecular weight is 346 g/mol. The van der Waals surface area contributed by atoms with Crippen LogP contribution in [0, 0.1) is 21.4 Å². The molecule has 0 fully saturated rings. The summed E-state index contributed by atoms with van der Waals surface area (Å²) in [5.41, 5.74) is 2.42. The van der Waals surface area contributed by atoms with Gasteiger partial charge in [-0.3, -0.25) is 14.7 Å². The Hall–Kier alpha value is -3.79. The second-order valence-corrected chi connectivity index (χ2v) is 5.86. The van der Waals surface area contributed by atoms with Gasteiger partial charge >= 0.3 is 0 Å². The number of benzene rings is 2. The summed E-state index contributed by atoms with van der Waals surface area (Å²) in [7, 11) is 1.56. The van der Waals surface area contributed by atoms with Crippen molar-refractivity contribution in [3.05, 3.63) is 70.4 Å². The number of nitro benzene ring substituents is 1. The van der Waals surface area contributed by atoms with Crippen molar-refractivity contribution in [3.8, 4) is 11.9 Å². The Kier molecular flexibility index (Phi) is 3.59. The second-order valence-electron chi connectivity index (χ2n) is 5.86. The summed E-state index contributed by atoms with van der Waals surface area (Å²) in [6.45, 7) is 0. The van der Waals surface area contributed by atoms with Gasteiger partial charge in [-0.05, 0) is 23.8 Å². The van der Waals surface area contributed by atoms with Gasteiger partial charge in [0.05, 0.1) is 28.4 Å². The van der Waals surface area contributed by atoms with E-state index in [1.807, 2.05) is 41.1 Å². The number of hydrogen-bond donors (Lipinski definition) is 0. The van der Waals surface area contributed by atoms with E-state index < -0.39 is 4.92 Å². The molecule has 0 bridgehead atoms. The molecule has 0 atom stereocenters. The van der Waals surface area contributed by atoms with Gasteiger partial charge in [-0.2, -0.15) is 9.99 Å². The molecule has 4 aromatic rings. The minimum Gasteiger partial charge on any atom is -0.415 e. The van der Waals surface area contributed by atoms with Gasteiger partial charge in [0.2, 0.25) is 0 Å². The maximum atomic E-state index is 11.1. The second kappa shape index (κ2) is 5.93. The van der Waals surface area contributed by atoms with Crippen LogP contribution >= 0.6 is 0 Å². The normalized spacial score (nSPS) is 10.9. The van der Waals surface area contributed by atoms with E-state index >= 15 is 0 Å². The molecule has 2 aromatic heterocycles. The number of aromatic nitrogens is 2. The molecule has 128 valence electrons. The highest BCUT2D eigenvalue weighted by Crippen LogP contribution is 2.29. The van der Waals surface area contributed by atoms with Gasteiger partial charge in [0, 0.05) is 29.1 Å². The van der Waals surface area contributed by atoms with Crippen LogP contribution in [-0.4, -0.2) is 21.3 Å². The molecule has 0 unspecified atom stereocenters. The number of nitrogens with zero attached hydrogens (tertiary/aromatic N) is 4. The minimum absolute atomic E-state index is 0.0303. The average Bonchev–Trinajstić information content (AvgIpc) is 3.22. The molecule has 2 heterocycles. The van der Waals surface area contributed by atoms with E-state index in [1.165, 1.54) is 6.07 Å². The van der Waals surface area contributed by atoms with Gasteiger partial charge in [0.1, 0.15) is 7.11 Å². The maximum Gasteiger partial charge on any atom is 0.271 e. The summed E-state index contributed by atoms with van der Waals surface area (Å²) in [6, 6.07) is 16.5. The zero-order valence-electron chi connectivity index (χ0n) is 13.9. The lowest BCUT2D eigenvalue weighted by molar-refractivity contribution is -0.384. The van der Waals surface area contributed by atoms with Crippen molar-refractivity contribution in [1.29, 1.82) is 5.26 Å². The molecule has 0 aliphatic carbocycles. The number of nitro groups is 1. The highest BCUT2D eigenvalue weighted by molar-refractivity contribution is 5.89. The number of hydrogen-bond acceptors (Lipinski definition) is 4. The Morgan fingerprint density at radius 2 is 2.04 bits per heavy atom. The molecular formula is C19H14N4O3. The van der Waals surface area contributed by atoms with Crippen molar-refractivity contribution < 1.29 is 9.76 Å². The van der Waals surface area contributed by atoms with Crippen molar-refractivity contribution in [1.82, 2.24) is 9.30 Å². The molecular weight excluding hydrogens is 332 g/mol. The Balaban J connectivity index is 2.02. The highest BCUT2D eigenvalue weighted by atomic mass is 16.6. The SMILES string of the molecule is COn1c(-n2ccc3ccc([N+](=O)[O-])cc32)cc2cccc(CC#N)c21. The predicted molar refractivity (Wildman–Crippen MR) is 97.2 cm³/mol. The third-order valence-electron chi connectivity index (χ3n) is 4.43. The topological polar surface area (TPSA) is 86.0 Å². The first-order valence-electron chi connectivity index (χ1n) is 7.94. The summed E-state index contributed by atoms with van der Waals surface area (Å²) in [5, 5.41) is 22.0. The van der Waals surface area contributed by atoms with Crippen LogP contribution in [0.5, 0.6) is 0 Å². The van der Waals surface area contributed by atoms with E-state index in [4.69, 9.17) is 10.1 Å². The van der Waals surface area contributed by atoms with Crippen LogP contribution in [0.25, 0.3) is 27.6 Å². The molecule has 0 aliphatic heterocycles. The maximum absolute atomic E-state index is 11.1.